The molecular formula is C25H21ClN2O4. The lowest BCUT2D eigenvalue weighted by molar-refractivity contribution is -0.0209. The van der Waals surface area contributed by atoms with Gasteiger partial charge in [0.15, 0.2) is 11.5 Å². The van der Waals surface area contributed by atoms with E-state index >= 15 is 0 Å². The first-order chi connectivity index (χ1) is 15.6. The molecule has 5 rings (SSSR count). The van der Waals surface area contributed by atoms with Crippen LogP contribution in [0.4, 0.5) is 0 Å². The zero-order valence-electron chi connectivity index (χ0n) is 17.6. The molecule has 3 aromatic carbocycles. The summed E-state index contributed by atoms with van der Waals surface area (Å²) < 4.78 is 16.8. The van der Waals surface area contributed by atoms with Gasteiger partial charge in [-0.3, -0.25) is 0 Å². The Bertz CT molecular complexity index is 1190. The number of hydrogen-bond acceptors (Lipinski definition) is 6. The highest BCUT2D eigenvalue weighted by Gasteiger charge is 2.42. The molecule has 2 atom stereocenters. The van der Waals surface area contributed by atoms with Gasteiger partial charge in [0.25, 0.3) is 0 Å². The molecule has 0 unspecified atom stereocenters. The molecule has 0 spiro atoms. The van der Waals surface area contributed by atoms with Crippen molar-refractivity contribution in [3.63, 3.8) is 0 Å². The summed E-state index contributed by atoms with van der Waals surface area (Å²) in [6.07, 6.45) is 0.219. The Balaban J connectivity index is 1.60. The lowest BCUT2D eigenvalue weighted by Crippen LogP contribution is -2.34. The summed E-state index contributed by atoms with van der Waals surface area (Å²) in [6.45, 7) is 0. The Morgan fingerprint density at radius 3 is 2.53 bits per heavy atom. The topological polar surface area (TPSA) is 60.4 Å². The third kappa shape index (κ3) is 3.46. The van der Waals surface area contributed by atoms with Crippen LogP contribution in [-0.2, 0) is 4.74 Å². The molecule has 6 nitrogen and oxygen atoms in total. The zero-order chi connectivity index (χ0) is 22.2. The van der Waals surface area contributed by atoms with Crippen LogP contribution in [-0.4, -0.2) is 30.9 Å². The van der Waals surface area contributed by atoms with Gasteiger partial charge in [0, 0.05) is 28.6 Å². The first kappa shape index (κ1) is 20.4. The van der Waals surface area contributed by atoms with Gasteiger partial charge in [-0.05, 0) is 23.8 Å². The highest BCUT2D eigenvalue weighted by molar-refractivity contribution is 6.30. The van der Waals surface area contributed by atoms with Crippen molar-refractivity contribution in [2.75, 3.05) is 14.2 Å². The van der Waals surface area contributed by atoms with Crippen molar-refractivity contribution in [3.05, 3.63) is 94.0 Å². The van der Waals surface area contributed by atoms with Crippen LogP contribution in [0.25, 0.3) is 0 Å². The number of carbonyl (C=O) groups is 1. The van der Waals surface area contributed by atoms with Gasteiger partial charge >= 0.3 is 5.97 Å². The maximum atomic E-state index is 11.8. The van der Waals surface area contributed by atoms with Crippen LogP contribution in [0, 0.1) is 0 Å². The van der Waals surface area contributed by atoms with Crippen LogP contribution in [0.5, 0.6) is 11.5 Å². The SMILES string of the molecule is COC(=O)c1ccc([C@@H]2Oc3c(OC)cc(Cl)cc3[C@@H]3CC(c4ccccc4)=NN32)cc1. The number of hydrazone groups is 1. The molecule has 2 aliphatic rings. The Morgan fingerprint density at radius 1 is 1.09 bits per heavy atom. The number of rotatable bonds is 4. The number of hydrogen-bond donors (Lipinski definition) is 0. The Morgan fingerprint density at radius 2 is 1.84 bits per heavy atom. The molecule has 0 bridgehead atoms. The predicted octanol–water partition coefficient (Wildman–Crippen LogP) is 5.38. The van der Waals surface area contributed by atoms with Crippen LogP contribution >= 0.6 is 11.6 Å². The van der Waals surface area contributed by atoms with Gasteiger partial charge in [0.1, 0.15) is 0 Å². The maximum absolute atomic E-state index is 11.8. The summed E-state index contributed by atoms with van der Waals surface area (Å²) in [5, 5.41) is 7.49. The molecule has 162 valence electrons. The maximum Gasteiger partial charge on any atom is 0.337 e. The molecule has 0 aliphatic carbocycles. The van der Waals surface area contributed by atoms with E-state index in [0.29, 0.717) is 28.5 Å². The molecule has 32 heavy (non-hydrogen) atoms. The molecule has 0 saturated carbocycles. The summed E-state index contributed by atoms with van der Waals surface area (Å²) in [5.41, 5.74) is 4.32. The molecule has 0 saturated heterocycles. The summed E-state index contributed by atoms with van der Waals surface area (Å²) in [4.78, 5) is 11.8. The van der Waals surface area contributed by atoms with E-state index in [2.05, 4.69) is 12.1 Å². The minimum absolute atomic E-state index is 0.0631. The quantitative estimate of drug-likeness (QED) is 0.501. The molecule has 0 N–H and O–H groups in total. The Kier molecular flexibility index (Phi) is 5.23. The minimum atomic E-state index is -0.490. The number of fused-ring (bicyclic) bond motifs is 3. The monoisotopic (exact) mass is 448 g/mol. The van der Waals surface area contributed by atoms with Gasteiger partial charge in [0.05, 0.1) is 31.5 Å². The van der Waals surface area contributed by atoms with Crippen molar-refractivity contribution in [3.8, 4) is 11.5 Å². The number of nitrogens with zero attached hydrogens (tertiary/aromatic N) is 2. The minimum Gasteiger partial charge on any atom is -0.493 e. The normalized spacial score (nSPS) is 18.8. The average molecular weight is 449 g/mol. The third-order valence-electron chi connectivity index (χ3n) is 5.76. The number of ether oxygens (including phenoxy) is 3. The van der Waals surface area contributed by atoms with E-state index in [1.165, 1.54) is 7.11 Å². The second-order valence-corrected chi connectivity index (χ2v) is 8.06. The third-order valence-corrected chi connectivity index (χ3v) is 5.98. The van der Waals surface area contributed by atoms with Crippen molar-refractivity contribution in [2.24, 2.45) is 5.10 Å². The molecule has 0 amide bonds. The second kappa shape index (κ2) is 8.20. The molecule has 2 aliphatic heterocycles. The van der Waals surface area contributed by atoms with Crippen molar-refractivity contribution < 1.29 is 19.0 Å². The first-order valence-electron chi connectivity index (χ1n) is 10.2. The summed E-state index contributed by atoms with van der Waals surface area (Å²) in [7, 11) is 2.96. The Labute approximate surface area is 191 Å². The predicted molar refractivity (Wildman–Crippen MR) is 121 cm³/mol. The zero-order valence-corrected chi connectivity index (χ0v) is 18.4. The lowest BCUT2D eigenvalue weighted by Gasteiger charge is -2.38. The smallest absolute Gasteiger partial charge is 0.337 e. The van der Waals surface area contributed by atoms with E-state index in [9.17, 15) is 4.79 Å². The first-order valence-corrected chi connectivity index (χ1v) is 10.6. The van der Waals surface area contributed by atoms with Crippen molar-refractivity contribution >= 4 is 23.3 Å². The Hall–Kier alpha value is -3.51. The number of methoxy groups -OCH3 is 2. The fourth-order valence-corrected chi connectivity index (χ4v) is 4.42. The fourth-order valence-electron chi connectivity index (χ4n) is 4.20. The molecule has 0 radical (unpaired) electrons. The fraction of sp³-hybridized carbons (Fsp3) is 0.200. The standard InChI is InChI=1S/C25H21ClN2O4/c1-30-22-13-18(26)12-19-21-14-20(15-6-4-3-5-7-15)27-28(21)24(32-23(19)22)16-8-10-17(11-9-16)25(29)31-2/h3-13,21,24H,14H2,1-2H3/t21-,24-/m0/s1. The van der Waals surface area contributed by atoms with E-state index in [1.54, 1.807) is 25.3 Å². The van der Waals surface area contributed by atoms with E-state index in [-0.39, 0.29) is 12.0 Å². The van der Waals surface area contributed by atoms with Gasteiger partial charge in [-0.15, -0.1) is 0 Å². The van der Waals surface area contributed by atoms with E-state index in [0.717, 1.165) is 22.4 Å². The summed E-state index contributed by atoms with van der Waals surface area (Å²) >= 11 is 6.38. The van der Waals surface area contributed by atoms with Gasteiger partial charge < -0.3 is 14.2 Å². The van der Waals surface area contributed by atoms with Crippen molar-refractivity contribution in [1.29, 1.82) is 0 Å². The second-order valence-electron chi connectivity index (χ2n) is 7.62. The molecular weight excluding hydrogens is 428 g/mol. The molecule has 7 heteroatoms. The number of carbonyl (C=O) groups excluding carboxylic acids is 1. The van der Waals surface area contributed by atoms with Gasteiger partial charge in [-0.25, -0.2) is 9.80 Å². The van der Waals surface area contributed by atoms with Gasteiger partial charge in [-0.1, -0.05) is 54.1 Å². The number of esters is 1. The largest absolute Gasteiger partial charge is 0.493 e. The summed E-state index contributed by atoms with van der Waals surface area (Å²) in [5.74, 6) is 0.854. The molecule has 2 heterocycles. The van der Waals surface area contributed by atoms with Gasteiger partial charge in [0.2, 0.25) is 6.23 Å². The number of halogens is 1. The van der Waals surface area contributed by atoms with E-state index in [4.69, 9.17) is 30.9 Å². The highest BCUT2D eigenvalue weighted by Crippen LogP contribution is 2.51. The molecule has 3 aromatic rings. The van der Waals surface area contributed by atoms with Crippen LogP contribution in [0.1, 0.15) is 45.7 Å². The van der Waals surface area contributed by atoms with Crippen LogP contribution in [0.2, 0.25) is 5.02 Å². The average Bonchev–Trinajstić information content (AvgIpc) is 3.29. The molecule has 0 aromatic heterocycles. The van der Waals surface area contributed by atoms with Crippen LogP contribution < -0.4 is 9.47 Å². The van der Waals surface area contributed by atoms with Crippen LogP contribution in [0.15, 0.2) is 71.8 Å². The van der Waals surface area contributed by atoms with Crippen molar-refractivity contribution in [1.82, 2.24) is 5.01 Å². The molecule has 0 fully saturated rings. The lowest BCUT2D eigenvalue weighted by atomic mass is 9.95. The van der Waals surface area contributed by atoms with Crippen LogP contribution in [0.3, 0.4) is 0 Å². The number of benzene rings is 3. The van der Waals surface area contributed by atoms with E-state index < -0.39 is 6.23 Å². The highest BCUT2D eigenvalue weighted by atomic mass is 35.5. The van der Waals surface area contributed by atoms with Crippen molar-refractivity contribution in [2.45, 2.75) is 18.7 Å². The van der Waals surface area contributed by atoms with Gasteiger partial charge in [-0.2, -0.15) is 5.10 Å². The van der Waals surface area contributed by atoms with E-state index in [1.807, 2.05) is 41.4 Å². The summed E-state index contributed by atoms with van der Waals surface area (Å²) in [6, 6.07) is 20.9.